The molecule has 2 N–H and O–H groups in total. The lowest BCUT2D eigenvalue weighted by Gasteiger charge is -2.40. The Morgan fingerprint density at radius 2 is 1.73 bits per heavy atom. The summed E-state index contributed by atoms with van der Waals surface area (Å²) < 4.78 is 72.4. The normalized spacial score (nSPS) is 22.9. The highest BCUT2D eigenvalue weighted by molar-refractivity contribution is 7.92. The molecule has 0 aromatic heterocycles. The fraction of sp³-hybridized carbons (Fsp3) is 0.423. The van der Waals surface area contributed by atoms with Crippen LogP contribution in [0.25, 0.3) is 0 Å². The Morgan fingerprint density at radius 1 is 1.07 bits per heavy atom. The molecular formula is C26H27ClF3N3O6S. The zero-order valence-electron chi connectivity index (χ0n) is 21.7. The van der Waals surface area contributed by atoms with E-state index in [-0.39, 0.29) is 45.8 Å². The molecule has 5 atom stereocenters. The van der Waals surface area contributed by atoms with Gasteiger partial charge in [-0.1, -0.05) is 18.5 Å². The van der Waals surface area contributed by atoms with Crippen molar-refractivity contribution in [3.8, 4) is 0 Å². The molecule has 2 aliphatic heterocycles. The van der Waals surface area contributed by atoms with Crippen molar-refractivity contribution in [3.63, 3.8) is 0 Å². The average Bonchev–Trinajstić information content (AvgIpc) is 3.09. The number of alkyl carbamates (subject to hydrolysis) is 1. The number of amides is 3. The Morgan fingerprint density at radius 3 is 2.33 bits per heavy atom. The van der Waals surface area contributed by atoms with Gasteiger partial charge >= 0.3 is 6.09 Å². The van der Waals surface area contributed by atoms with Gasteiger partial charge < -0.3 is 20.3 Å². The standard InChI is InChI=1S/C26H27ClF3N3O6S/c1-12-6-16-10-17(11-21(12)33(16)25(35)13(2)31-26(36)39-3)40(37,38)22-7-14(4-5-18(22)27)24(34)32-15-8-19(28)23(30)20(29)9-15/h4-5,7-9,12-13,16-17,21H,6,10-11H2,1-3H3,(H,31,36)(H,32,34)/t12-,13-,16?,17+,21+/m0/s1. The minimum atomic E-state index is -4.09. The fourth-order valence-corrected chi connectivity index (χ4v) is 7.82. The van der Waals surface area contributed by atoms with Crippen LogP contribution in [0, 0.1) is 23.4 Å². The maximum atomic E-state index is 13.8. The molecular weight excluding hydrogens is 575 g/mol. The highest BCUT2D eigenvalue weighted by Crippen LogP contribution is 2.44. The van der Waals surface area contributed by atoms with Crippen molar-refractivity contribution in [1.82, 2.24) is 10.2 Å². The van der Waals surface area contributed by atoms with Crippen LogP contribution in [0.2, 0.25) is 5.02 Å². The quantitative estimate of drug-likeness (QED) is 0.476. The highest BCUT2D eigenvalue weighted by Gasteiger charge is 2.51. The largest absolute Gasteiger partial charge is 0.453 e. The molecule has 9 nitrogen and oxygen atoms in total. The monoisotopic (exact) mass is 601 g/mol. The number of ether oxygens (including phenoxy) is 1. The van der Waals surface area contributed by atoms with Crippen LogP contribution >= 0.6 is 11.6 Å². The first-order chi connectivity index (χ1) is 18.7. The van der Waals surface area contributed by atoms with E-state index in [0.29, 0.717) is 18.6 Å². The smallest absolute Gasteiger partial charge is 0.407 e. The maximum Gasteiger partial charge on any atom is 0.407 e. The minimum Gasteiger partial charge on any atom is -0.453 e. The Labute approximate surface area is 233 Å². The lowest BCUT2D eigenvalue weighted by atomic mass is 9.98. The van der Waals surface area contributed by atoms with Crippen molar-refractivity contribution in [3.05, 3.63) is 58.4 Å². The topological polar surface area (TPSA) is 122 Å². The summed E-state index contributed by atoms with van der Waals surface area (Å²) in [4.78, 5) is 38.8. The third-order valence-corrected chi connectivity index (χ3v) is 10.1. The second-order valence-electron chi connectivity index (χ2n) is 10.0. The lowest BCUT2D eigenvalue weighted by molar-refractivity contribution is -0.137. The van der Waals surface area contributed by atoms with Gasteiger partial charge in [0.15, 0.2) is 27.3 Å². The van der Waals surface area contributed by atoms with Crippen molar-refractivity contribution in [2.45, 2.75) is 61.4 Å². The molecule has 2 fully saturated rings. The van der Waals surface area contributed by atoms with Gasteiger partial charge in [0, 0.05) is 35.5 Å². The van der Waals surface area contributed by atoms with Crippen molar-refractivity contribution in [2.75, 3.05) is 12.4 Å². The Hall–Kier alpha value is -3.32. The molecule has 0 aliphatic carbocycles. The first-order valence-corrected chi connectivity index (χ1v) is 14.3. The second-order valence-corrected chi connectivity index (χ2v) is 12.6. The Bertz CT molecular complexity index is 1450. The van der Waals surface area contributed by atoms with Crippen molar-refractivity contribution >= 4 is 45.0 Å². The number of carbonyl (C=O) groups excluding carboxylic acids is 3. The molecule has 14 heteroatoms. The zero-order chi connectivity index (χ0) is 29.5. The highest BCUT2D eigenvalue weighted by atomic mass is 35.5. The first-order valence-electron chi connectivity index (χ1n) is 12.4. The van der Waals surface area contributed by atoms with E-state index in [9.17, 15) is 36.0 Å². The van der Waals surface area contributed by atoms with Crippen LogP contribution in [0.4, 0.5) is 23.7 Å². The zero-order valence-corrected chi connectivity index (χ0v) is 23.3. The van der Waals surface area contributed by atoms with E-state index in [0.717, 1.165) is 6.07 Å². The molecule has 2 aliphatic rings. The van der Waals surface area contributed by atoms with Crippen LogP contribution in [0.1, 0.15) is 43.5 Å². The van der Waals surface area contributed by atoms with Gasteiger partial charge in [0.1, 0.15) is 6.04 Å². The number of nitrogens with zero attached hydrogens (tertiary/aromatic N) is 1. The number of hydrogen-bond donors (Lipinski definition) is 2. The molecule has 2 aromatic carbocycles. The van der Waals surface area contributed by atoms with Crippen LogP contribution in [0.15, 0.2) is 35.2 Å². The Balaban J connectivity index is 1.56. The molecule has 2 bridgehead atoms. The third-order valence-electron chi connectivity index (χ3n) is 7.42. The van der Waals surface area contributed by atoms with Crippen molar-refractivity contribution in [2.24, 2.45) is 5.92 Å². The molecule has 0 spiro atoms. The SMILES string of the molecule is COC(=O)N[C@@H](C)C(=O)N1C2C[C@@H](S(=O)(=O)c3cc(C(=O)Nc4cc(F)c(F)c(F)c4)ccc3Cl)C[C@@H]1[C@@H](C)C2. The van der Waals surface area contributed by atoms with Gasteiger partial charge in [-0.05, 0) is 50.3 Å². The van der Waals surface area contributed by atoms with Crippen LogP contribution in [-0.2, 0) is 19.4 Å². The molecule has 40 heavy (non-hydrogen) atoms. The number of hydrogen-bond acceptors (Lipinski definition) is 6. The van der Waals surface area contributed by atoms with Gasteiger partial charge in [-0.15, -0.1) is 0 Å². The number of anilines is 1. The third kappa shape index (κ3) is 5.62. The summed E-state index contributed by atoms with van der Waals surface area (Å²) in [5.74, 6) is -5.92. The van der Waals surface area contributed by atoms with Crippen molar-refractivity contribution < 1.29 is 40.7 Å². The van der Waals surface area contributed by atoms with Gasteiger partial charge in [0.2, 0.25) is 5.91 Å². The van der Waals surface area contributed by atoms with Gasteiger partial charge in [0.05, 0.1) is 22.3 Å². The number of halogens is 4. The Kier molecular flexibility index (Phi) is 8.36. The van der Waals surface area contributed by atoms with E-state index in [4.69, 9.17) is 11.6 Å². The van der Waals surface area contributed by atoms with E-state index >= 15 is 0 Å². The van der Waals surface area contributed by atoms with Gasteiger partial charge in [-0.3, -0.25) is 9.59 Å². The van der Waals surface area contributed by atoms with Gasteiger partial charge in [-0.2, -0.15) is 0 Å². The summed E-state index contributed by atoms with van der Waals surface area (Å²) in [5, 5.41) is 3.63. The summed E-state index contributed by atoms with van der Waals surface area (Å²) in [6.07, 6.45) is 0.0686. The van der Waals surface area contributed by atoms with Crippen LogP contribution in [0.3, 0.4) is 0 Å². The van der Waals surface area contributed by atoms with Crippen LogP contribution in [-0.4, -0.2) is 61.7 Å². The molecule has 2 heterocycles. The van der Waals surface area contributed by atoms with E-state index < -0.39 is 62.7 Å². The first kappa shape index (κ1) is 29.7. The molecule has 2 saturated heterocycles. The molecule has 3 amide bonds. The van der Waals surface area contributed by atoms with E-state index in [1.165, 1.54) is 26.2 Å². The number of methoxy groups -OCH3 is 1. The summed E-state index contributed by atoms with van der Waals surface area (Å²) >= 11 is 6.26. The van der Waals surface area contributed by atoms with Crippen LogP contribution in [0.5, 0.6) is 0 Å². The predicted molar refractivity (Wildman–Crippen MR) is 139 cm³/mol. The molecule has 216 valence electrons. The number of benzene rings is 2. The second kappa shape index (κ2) is 11.3. The molecule has 4 rings (SSSR count). The number of fused-ring (bicyclic) bond motifs is 2. The average molecular weight is 602 g/mol. The predicted octanol–water partition coefficient (Wildman–Crippen LogP) is 4.30. The number of sulfone groups is 1. The van der Waals surface area contributed by atoms with Crippen molar-refractivity contribution in [1.29, 1.82) is 0 Å². The van der Waals surface area contributed by atoms with E-state index in [1.54, 1.807) is 4.90 Å². The number of carbonyl (C=O) groups is 3. The lowest BCUT2D eigenvalue weighted by Crippen LogP contribution is -2.56. The molecule has 0 saturated carbocycles. The van der Waals surface area contributed by atoms with E-state index in [2.05, 4.69) is 15.4 Å². The summed E-state index contributed by atoms with van der Waals surface area (Å²) in [6, 6.07) is 3.08. The number of nitrogens with one attached hydrogen (secondary N) is 2. The number of piperidine rings is 1. The van der Waals surface area contributed by atoms with Crippen LogP contribution < -0.4 is 10.6 Å². The molecule has 1 unspecified atom stereocenters. The molecule has 2 aromatic rings. The summed E-state index contributed by atoms with van der Waals surface area (Å²) in [6.45, 7) is 3.45. The minimum absolute atomic E-state index is 0.00330. The summed E-state index contributed by atoms with van der Waals surface area (Å²) in [7, 11) is -2.91. The maximum absolute atomic E-state index is 13.8. The van der Waals surface area contributed by atoms with Gasteiger partial charge in [0.25, 0.3) is 5.91 Å². The summed E-state index contributed by atoms with van der Waals surface area (Å²) in [5.41, 5.74) is -0.515. The number of rotatable bonds is 6. The molecule has 0 radical (unpaired) electrons. The van der Waals surface area contributed by atoms with E-state index in [1.807, 2.05) is 6.92 Å². The van der Waals surface area contributed by atoms with Gasteiger partial charge in [-0.25, -0.2) is 26.4 Å². The fourth-order valence-electron chi connectivity index (χ4n) is 5.46.